The molecule has 3 aliphatic heterocycles. The molecular weight excluding hydrogens is 424 g/mol. The Morgan fingerprint density at radius 3 is 2.61 bits per heavy atom. The number of carbonyl (C=O) groups is 3. The van der Waals surface area contributed by atoms with Crippen molar-refractivity contribution in [2.45, 2.75) is 102 Å². The first-order valence-electron chi connectivity index (χ1n) is 12.9. The van der Waals surface area contributed by atoms with Crippen molar-refractivity contribution in [3.05, 3.63) is 0 Å². The molecule has 2 amide bonds. The molecule has 8 heteroatoms. The largest absolute Gasteiger partial charge is 0.466 e. The fourth-order valence-electron chi connectivity index (χ4n) is 6.97. The van der Waals surface area contributed by atoms with E-state index in [2.05, 4.69) is 5.32 Å². The second-order valence-corrected chi connectivity index (χ2v) is 10.6. The molecular formula is C25H40N2O6. The summed E-state index contributed by atoms with van der Waals surface area (Å²) in [7, 11) is 0. The van der Waals surface area contributed by atoms with Crippen molar-refractivity contribution < 1.29 is 29.0 Å². The van der Waals surface area contributed by atoms with E-state index in [4.69, 9.17) is 14.6 Å². The third-order valence-electron chi connectivity index (χ3n) is 8.61. The molecule has 3 saturated heterocycles. The Bertz CT molecular complexity index is 768. The number of hydrogen-bond donors (Lipinski definition) is 2. The van der Waals surface area contributed by atoms with Crippen LogP contribution in [0.1, 0.15) is 78.6 Å². The highest BCUT2D eigenvalue weighted by Gasteiger charge is 2.80. The third kappa shape index (κ3) is 3.97. The number of aliphatic hydroxyl groups is 1. The number of esters is 1. The molecule has 6 atom stereocenters. The quantitative estimate of drug-likeness (QED) is 0.400. The second kappa shape index (κ2) is 9.53. The molecule has 0 aromatic carbocycles. The molecule has 1 saturated carbocycles. The van der Waals surface area contributed by atoms with E-state index in [1.165, 1.54) is 6.42 Å². The van der Waals surface area contributed by atoms with E-state index in [-0.39, 0.29) is 37.0 Å². The van der Waals surface area contributed by atoms with Gasteiger partial charge in [0.15, 0.2) is 0 Å². The molecule has 1 aliphatic carbocycles. The van der Waals surface area contributed by atoms with Crippen LogP contribution in [-0.4, -0.2) is 70.8 Å². The number of amides is 2. The molecule has 1 spiro atoms. The number of carbonyl (C=O) groups excluding carboxylic acids is 3. The lowest BCUT2D eigenvalue weighted by Crippen LogP contribution is -2.57. The zero-order valence-corrected chi connectivity index (χ0v) is 20.3. The van der Waals surface area contributed by atoms with Crippen molar-refractivity contribution in [2.24, 2.45) is 17.8 Å². The van der Waals surface area contributed by atoms with Crippen LogP contribution in [0.3, 0.4) is 0 Å². The van der Waals surface area contributed by atoms with E-state index in [0.717, 1.165) is 32.1 Å². The van der Waals surface area contributed by atoms with E-state index in [9.17, 15) is 14.4 Å². The van der Waals surface area contributed by atoms with Gasteiger partial charge in [0.1, 0.15) is 17.6 Å². The minimum Gasteiger partial charge on any atom is -0.466 e. The van der Waals surface area contributed by atoms with Gasteiger partial charge >= 0.3 is 5.97 Å². The summed E-state index contributed by atoms with van der Waals surface area (Å²) in [5.74, 6) is -2.10. The lowest BCUT2D eigenvalue weighted by Gasteiger charge is -2.36. The van der Waals surface area contributed by atoms with Crippen LogP contribution in [0, 0.1) is 17.8 Å². The number of unbranched alkanes of at least 4 members (excludes halogenated alkanes) is 2. The van der Waals surface area contributed by atoms with Crippen molar-refractivity contribution in [2.75, 3.05) is 19.8 Å². The maximum atomic E-state index is 13.8. The zero-order chi connectivity index (χ0) is 23.8. The molecule has 4 rings (SSSR count). The summed E-state index contributed by atoms with van der Waals surface area (Å²) in [5.41, 5.74) is -1.82. The molecule has 3 heterocycles. The van der Waals surface area contributed by atoms with Crippen LogP contribution in [0.2, 0.25) is 0 Å². The molecule has 2 bridgehead atoms. The van der Waals surface area contributed by atoms with Gasteiger partial charge in [-0.15, -0.1) is 0 Å². The third-order valence-corrected chi connectivity index (χ3v) is 8.61. The van der Waals surface area contributed by atoms with Gasteiger partial charge in [-0.3, -0.25) is 14.4 Å². The summed E-state index contributed by atoms with van der Waals surface area (Å²) in [5, 5.41) is 12.4. The van der Waals surface area contributed by atoms with Gasteiger partial charge in [-0.2, -0.15) is 0 Å². The molecule has 186 valence electrons. The molecule has 0 aromatic rings. The number of nitrogens with one attached hydrogen (secondary N) is 1. The molecule has 33 heavy (non-hydrogen) atoms. The van der Waals surface area contributed by atoms with Crippen LogP contribution < -0.4 is 5.32 Å². The van der Waals surface area contributed by atoms with E-state index in [0.29, 0.717) is 25.8 Å². The van der Waals surface area contributed by atoms with E-state index in [1.54, 1.807) is 11.8 Å². The average molecular weight is 465 g/mol. The average Bonchev–Trinajstić information content (AvgIpc) is 3.29. The number of aliphatic hydroxyl groups excluding tert-OH is 1. The molecule has 3 unspecified atom stereocenters. The van der Waals surface area contributed by atoms with Gasteiger partial charge in [0.2, 0.25) is 11.8 Å². The Morgan fingerprint density at radius 1 is 1.21 bits per heavy atom. The maximum Gasteiger partial charge on any atom is 0.312 e. The van der Waals surface area contributed by atoms with Crippen molar-refractivity contribution in [3.8, 4) is 0 Å². The van der Waals surface area contributed by atoms with E-state index >= 15 is 0 Å². The lowest BCUT2D eigenvalue weighted by atomic mass is 9.62. The Labute approximate surface area is 196 Å². The van der Waals surface area contributed by atoms with Crippen LogP contribution in [0.5, 0.6) is 0 Å². The summed E-state index contributed by atoms with van der Waals surface area (Å²) in [4.78, 5) is 42.3. The van der Waals surface area contributed by atoms with Gasteiger partial charge in [0.25, 0.3) is 0 Å². The summed E-state index contributed by atoms with van der Waals surface area (Å²) in [6.07, 6.45) is 8.01. The SMILES string of the molecule is CCOC(=O)[C@@H]1[C@H]2C(=O)N(CCCCCO)C(C(=O)NC3CCCCC3)C23CC(C)[C@@]1(C)O3. The summed E-state index contributed by atoms with van der Waals surface area (Å²) < 4.78 is 12.0. The monoisotopic (exact) mass is 464 g/mol. The first kappa shape index (κ1) is 24.5. The summed E-state index contributed by atoms with van der Waals surface area (Å²) in [6, 6.07) is -0.615. The molecule has 8 nitrogen and oxygen atoms in total. The number of likely N-dealkylation sites (tertiary alicyclic amines) is 1. The van der Waals surface area contributed by atoms with Crippen molar-refractivity contribution in [3.63, 3.8) is 0 Å². The Balaban J connectivity index is 1.66. The van der Waals surface area contributed by atoms with Gasteiger partial charge in [0, 0.05) is 19.2 Å². The fraction of sp³-hybridized carbons (Fsp3) is 0.880. The Hall–Kier alpha value is -1.67. The van der Waals surface area contributed by atoms with Crippen molar-refractivity contribution in [1.29, 1.82) is 0 Å². The minimum absolute atomic E-state index is 0.0234. The number of fused-ring (bicyclic) bond motifs is 1. The molecule has 4 aliphatic rings. The highest BCUT2D eigenvalue weighted by atomic mass is 16.6. The predicted octanol–water partition coefficient (Wildman–Crippen LogP) is 2.17. The first-order valence-corrected chi connectivity index (χ1v) is 12.9. The number of ether oxygens (including phenoxy) is 2. The summed E-state index contributed by atoms with van der Waals surface area (Å²) in [6.45, 7) is 6.48. The Morgan fingerprint density at radius 2 is 1.94 bits per heavy atom. The fourth-order valence-corrected chi connectivity index (χ4v) is 6.97. The Kier molecular flexibility index (Phi) is 7.06. The first-order chi connectivity index (χ1) is 15.8. The van der Waals surface area contributed by atoms with Crippen LogP contribution in [-0.2, 0) is 23.9 Å². The van der Waals surface area contributed by atoms with Crippen LogP contribution in [0.15, 0.2) is 0 Å². The van der Waals surface area contributed by atoms with Gasteiger partial charge in [-0.1, -0.05) is 26.2 Å². The van der Waals surface area contributed by atoms with E-state index < -0.39 is 35.0 Å². The minimum atomic E-state index is -1.00. The molecule has 2 N–H and O–H groups in total. The van der Waals surface area contributed by atoms with Crippen LogP contribution in [0.4, 0.5) is 0 Å². The smallest absolute Gasteiger partial charge is 0.312 e. The van der Waals surface area contributed by atoms with Crippen LogP contribution in [0.25, 0.3) is 0 Å². The van der Waals surface area contributed by atoms with Gasteiger partial charge in [-0.25, -0.2) is 0 Å². The predicted molar refractivity (Wildman–Crippen MR) is 121 cm³/mol. The summed E-state index contributed by atoms with van der Waals surface area (Å²) >= 11 is 0. The molecule has 4 fully saturated rings. The lowest BCUT2D eigenvalue weighted by molar-refractivity contribution is -0.161. The topological polar surface area (TPSA) is 105 Å². The normalized spacial score (nSPS) is 37.9. The number of rotatable bonds is 9. The van der Waals surface area contributed by atoms with Crippen LogP contribution >= 0.6 is 0 Å². The van der Waals surface area contributed by atoms with Gasteiger partial charge in [0.05, 0.1) is 18.1 Å². The van der Waals surface area contributed by atoms with Crippen molar-refractivity contribution >= 4 is 17.8 Å². The van der Waals surface area contributed by atoms with E-state index in [1.807, 2.05) is 13.8 Å². The van der Waals surface area contributed by atoms with Crippen molar-refractivity contribution in [1.82, 2.24) is 10.2 Å². The maximum absolute atomic E-state index is 13.8. The zero-order valence-electron chi connectivity index (χ0n) is 20.3. The number of nitrogens with zero attached hydrogens (tertiary/aromatic N) is 1. The highest BCUT2D eigenvalue weighted by molar-refractivity contribution is 5.98. The number of hydrogen-bond acceptors (Lipinski definition) is 6. The molecule has 0 aromatic heterocycles. The standard InChI is InChI=1S/C25H40N2O6/c1-4-32-23(31)19-18-22(30)27(13-9-6-10-14-28)20(21(29)26-17-11-7-5-8-12-17)25(18)15-16(2)24(19,3)33-25/h16-20,28H,4-15H2,1-3H3,(H,26,29)/t16?,18-,19-,20?,24+,25?/m0/s1. The van der Waals surface area contributed by atoms with Gasteiger partial charge in [-0.05, 0) is 58.3 Å². The second-order valence-electron chi connectivity index (χ2n) is 10.6. The van der Waals surface area contributed by atoms with Gasteiger partial charge < -0.3 is 24.8 Å². The highest BCUT2D eigenvalue weighted by Crippen LogP contribution is 2.65. The molecule has 0 radical (unpaired) electrons.